The Balaban J connectivity index is 2.91. The number of hydrogen-bond acceptors (Lipinski definition) is 3. The molecule has 3 heteroatoms. The second-order valence-corrected chi connectivity index (χ2v) is 4.00. The van der Waals surface area contributed by atoms with Gasteiger partial charge < -0.3 is 10.8 Å². The van der Waals surface area contributed by atoms with Gasteiger partial charge in [-0.15, -0.1) is 0 Å². The largest absolute Gasteiger partial charge is 0.387 e. The monoisotopic (exact) mass is 204 g/mol. The molecule has 0 saturated carbocycles. The molecular weight excluding hydrogens is 188 g/mol. The SMILES string of the molecule is CC(C)C(N)C(O)c1cccc(C#N)c1. The summed E-state index contributed by atoms with van der Waals surface area (Å²) in [4.78, 5) is 0. The molecule has 1 aromatic rings. The van der Waals surface area contributed by atoms with Crippen molar-refractivity contribution in [3.05, 3.63) is 35.4 Å². The van der Waals surface area contributed by atoms with Crippen molar-refractivity contribution in [3.63, 3.8) is 0 Å². The Kier molecular flexibility index (Phi) is 3.84. The first-order valence-corrected chi connectivity index (χ1v) is 5.00. The number of benzene rings is 1. The van der Waals surface area contributed by atoms with E-state index >= 15 is 0 Å². The molecule has 0 saturated heterocycles. The Morgan fingerprint density at radius 2 is 2.07 bits per heavy atom. The summed E-state index contributed by atoms with van der Waals surface area (Å²) in [6.07, 6.45) is -0.710. The predicted octanol–water partition coefficient (Wildman–Crippen LogP) is 1.57. The maximum atomic E-state index is 9.94. The molecule has 0 heterocycles. The minimum Gasteiger partial charge on any atom is -0.387 e. The lowest BCUT2D eigenvalue weighted by atomic mass is 9.93. The first kappa shape index (κ1) is 11.7. The Bertz CT molecular complexity index is 368. The molecule has 0 fully saturated rings. The van der Waals surface area contributed by atoms with Crippen LogP contribution in [-0.2, 0) is 0 Å². The Labute approximate surface area is 90.1 Å². The molecule has 1 rings (SSSR count). The van der Waals surface area contributed by atoms with Gasteiger partial charge in [-0.3, -0.25) is 0 Å². The number of nitrogens with zero attached hydrogens (tertiary/aromatic N) is 1. The number of hydrogen-bond donors (Lipinski definition) is 2. The molecule has 3 nitrogen and oxygen atoms in total. The third-order valence-corrected chi connectivity index (χ3v) is 2.49. The normalized spacial score (nSPS) is 14.7. The lowest BCUT2D eigenvalue weighted by Crippen LogP contribution is -2.33. The van der Waals surface area contributed by atoms with Gasteiger partial charge in [-0.1, -0.05) is 26.0 Å². The van der Waals surface area contributed by atoms with Crippen molar-refractivity contribution in [2.45, 2.75) is 26.0 Å². The van der Waals surface area contributed by atoms with Crippen molar-refractivity contribution >= 4 is 0 Å². The van der Waals surface area contributed by atoms with E-state index in [1.165, 1.54) is 0 Å². The van der Waals surface area contributed by atoms with Gasteiger partial charge in [-0.05, 0) is 23.6 Å². The summed E-state index contributed by atoms with van der Waals surface area (Å²) < 4.78 is 0. The van der Waals surface area contributed by atoms with Crippen molar-refractivity contribution < 1.29 is 5.11 Å². The molecule has 0 aliphatic rings. The Hall–Kier alpha value is -1.37. The van der Waals surface area contributed by atoms with Crippen LogP contribution >= 0.6 is 0 Å². The van der Waals surface area contributed by atoms with E-state index in [0.717, 1.165) is 0 Å². The summed E-state index contributed by atoms with van der Waals surface area (Å²) in [6.45, 7) is 3.92. The fourth-order valence-electron chi connectivity index (χ4n) is 1.38. The number of aliphatic hydroxyl groups excluding tert-OH is 1. The molecule has 0 aliphatic heterocycles. The smallest absolute Gasteiger partial charge is 0.0991 e. The Morgan fingerprint density at radius 3 is 2.60 bits per heavy atom. The van der Waals surface area contributed by atoms with E-state index in [1.54, 1.807) is 24.3 Å². The third-order valence-electron chi connectivity index (χ3n) is 2.49. The van der Waals surface area contributed by atoms with Gasteiger partial charge in [-0.2, -0.15) is 5.26 Å². The molecular formula is C12H16N2O. The van der Waals surface area contributed by atoms with Crippen LogP contribution in [0.3, 0.4) is 0 Å². The van der Waals surface area contributed by atoms with Crippen LogP contribution in [0.15, 0.2) is 24.3 Å². The zero-order valence-electron chi connectivity index (χ0n) is 9.01. The van der Waals surface area contributed by atoms with E-state index in [9.17, 15) is 5.11 Å². The van der Waals surface area contributed by atoms with Gasteiger partial charge in [0.1, 0.15) is 0 Å². The van der Waals surface area contributed by atoms with E-state index in [-0.39, 0.29) is 12.0 Å². The van der Waals surface area contributed by atoms with Gasteiger partial charge in [0, 0.05) is 6.04 Å². The van der Waals surface area contributed by atoms with E-state index in [1.807, 2.05) is 19.9 Å². The van der Waals surface area contributed by atoms with Gasteiger partial charge in [0.15, 0.2) is 0 Å². The first-order chi connectivity index (χ1) is 7.06. The van der Waals surface area contributed by atoms with Crippen LogP contribution in [0.1, 0.15) is 31.1 Å². The maximum absolute atomic E-state index is 9.94. The summed E-state index contributed by atoms with van der Waals surface area (Å²) in [5, 5.41) is 18.7. The predicted molar refractivity (Wildman–Crippen MR) is 58.9 cm³/mol. The van der Waals surface area contributed by atoms with Crippen LogP contribution in [0.25, 0.3) is 0 Å². The van der Waals surface area contributed by atoms with Crippen molar-refractivity contribution in [1.29, 1.82) is 5.26 Å². The van der Waals surface area contributed by atoms with Gasteiger partial charge in [0.25, 0.3) is 0 Å². The van der Waals surface area contributed by atoms with Crippen molar-refractivity contribution in [2.24, 2.45) is 11.7 Å². The summed E-state index contributed by atoms with van der Waals surface area (Å²) in [5.41, 5.74) is 7.10. The molecule has 3 N–H and O–H groups in total. The fraction of sp³-hybridized carbons (Fsp3) is 0.417. The lowest BCUT2D eigenvalue weighted by molar-refractivity contribution is 0.126. The summed E-state index contributed by atoms with van der Waals surface area (Å²) in [5.74, 6) is 0.200. The van der Waals surface area contributed by atoms with Crippen LogP contribution in [0.5, 0.6) is 0 Å². The molecule has 15 heavy (non-hydrogen) atoms. The molecule has 1 aromatic carbocycles. The standard InChI is InChI=1S/C12H16N2O/c1-8(2)11(14)12(15)10-5-3-4-9(6-10)7-13/h3-6,8,11-12,15H,14H2,1-2H3. The first-order valence-electron chi connectivity index (χ1n) is 5.00. The summed E-state index contributed by atoms with van der Waals surface area (Å²) >= 11 is 0. The molecule has 80 valence electrons. The third kappa shape index (κ3) is 2.79. The molecule has 0 aliphatic carbocycles. The van der Waals surface area contributed by atoms with Crippen molar-refractivity contribution in [1.82, 2.24) is 0 Å². The highest BCUT2D eigenvalue weighted by Gasteiger charge is 2.19. The quantitative estimate of drug-likeness (QED) is 0.785. The van der Waals surface area contributed by atoms with Crippen LogP contribution in [-0.4, -0.2) is 11.1 Å². The Morgan fingerprint density at radius 1 is 1.40 bits per heavy atom. The second-order valence-electron chi connectivity index (χ2n) is 4.00. The van der Waals surface area contributed by atoms with Crippen LogP contribution < -0.4 is 5.73 Å². The molecule has 0 amide bonds. The van der Waals surface area contributed by atoms with Gasteiger partial charge in [0.05, 0.1) is 17.7 Å². The highest BCUT2D eigenvalue weighted by atomic mass is 16.3. The minimum absolute atomic E-state index is 0.200. The van der Waals surface area contributed by atoms with Crippen LogP contribution in [0, 0.1) is 17.2 Å². The van der Waals surface area contributed by atoms with Gasteiger partial charge in [0.2, 0.25) is 0 Å². The van der Waals surface area contributed by atoms with E-state index in [0.29, 0.717) is 11.1 Å². The fourth-order valence-corrected chi connectivity index (χ4v) is 1.38. The topological polar surface area (TPSA) is 70.0 Å². The number of nitriles is 1. The molecule has 0 spiro atoms. The number of aliphatic hydroxyl groups is 1. The molecule has 2 unspecified atom stereocenters. The number of nitrogens with two attached hydrogens (primary N) is 1. The minimum atomic E-state index is -0.710. The van der Waals surface area contributed by atoms with E-state index in [2.05, 4.69) is 0 Å². The summed E-state index contributed by atoms with van der Waals surface area (Å²) in [6, 6.07) is 8.65. The average Bonchev–Trinajstić information content (AvgIpc) is 2.27. The highest BCUT2D eigenvalue weighted by molar-refractivity contribution is 5.34. The molecule has 0 bridgehead atoms. The van der Waals surface area contributed by atoms with Gasteiger partial charge >= 0.3 is 0 Å². The van der Waals surface area contributed by atoms with Crippen molar-refractivity contribution in [3.8, 4) is 6.07 Å². The molecule has 0 aromatic heterocycles. The van der Waals surface area contributed by atoms with E-state index < -0.39 is 6.10 Å². The highest BCUT2D eigenvalue weighted by Crippen LogP contribution is 2.20. The van der Waals surface area contributed by atoms with Gasteiger partial charge in [-0.25, -0.2) is 0 Å². The van der Waals surface area contributed by atoms with Crippen molar-refractivity contribution in [2.75, 3.05) is 0 Å². The second kappa shape index (κ2) is 4.92. The average molecular weight is 204 g/mol. The number of rotatable bonds is 3. The maximum Gasteiger partial charge on any atom is 0.0991 e. The van der Waals surface area contributed by atoms with Crippen LogP contribution in [0.2, 0.25) is 0 Å². The molecule has 2 atom stereocenters. The lowest BCUT2D eigenvalue weighted by Gasteiger charge is -2.22. The van der Waals surface area contributed by atoms with Crippen LogP contribution in [0.4, 0.5) is 0 Å². The van der Waals surface area contributed by atoms with E-state index in [4.69, 9.17) is 11.0 Å². The zero-order chi connectivity index (χ0) is 11.4. The summed E-state index contributed by atoms with van der Waals surface area (Å²) in [7, 11) is 0. The molecule has 0 radical (unpaired) electrons. The zero-order valence-corrected chi connectivity index (χ0v) is 9.01.